The third kappa shape index (κ3) is 3.61. The van der Waals surface area contributed by atoms with Gasteiger partial charge in [-0.15, -0.1) is 0 Å². The van der Waals surface area contributed by atoms with Crippen molar-refractivity contribution in [2.75, 3.05) is 4.72 Å². The van der Waals surface area contributed by atoms with Crippen LogP contribution in [0.15, 0.2) is 53.4 Å². The minimum atomic E-state index is -3.91. The molecule has 0 heterocycles. The molecule has 0 radical (unpaired) electrons. The molecular formula is C16H18FNO2S. The standard InChI is InChI=1S/C16H18FNO2S/c1-3-12(2)13-8-10-14(11-9-13)18-21(19,20)16-7-5-4-6-15(16)17/h4-12,18H,3H2,1-2H3/t12-/m0/s1. The number of benzene rings is 2. The van der Waals surface area contributed by atoms with E-state index in [0.29, 0.717) is 11.6 Å². The SMILES string of the molecule is CC[C@H](C)c1ccc(NS(=O)(=O)c2ccccc2F)cc1. The Morgan fingerprint density at radius 1 is 1.10 bits per heavy atom. The molecular weight excluding hydrogens is 289 g/mol. The van der Waals surface area contributed by atoms with Gasteiger partial charge in [-0.2, -0.15) is 0 Å². The Hall–Kier alpha value is -1.88. The highest BCUT2D eigenvalue weighted by Crippen LogP contribution is 2.22. The summed E-state index contributed by atoms with van der Waals surface area (Å²) in [4.78, 5) is -0.351. The zero-order chi connectivity index (χ0) is 15.5. The number of sulfonamides is 1. The summed E-state index contributed by atoms with van der Waals surface area (Å²) in [5.74, 6) is -0.344. The van der Waals surface area contributed by atoms with E-state index in [-0.39, 0.29) is 4.90 Å². The van der Waals surface area contributed by atoms with E-state index >= 15 is 0 Å². The highest BCUT2D eigenvalue weighted by molar-refractivity contribution is 7.92. The lowest BCUT2D eigenvalue weighted by Gasteiger charge is -2.12. The molecule has 0 aliphatic carbocycles. The highest BCUT2D eigenvalue weighted by Gasteiger charge is 2.18. The molecule has 5 heteroatoms. The van der Waals surface area contributed by atoms with Crippen molar-refractivity contribution in [3.63, 3.8) is 0 Å². The van der Waals surface area contributed by atoms with Crippen molar-refractivity contribution >= 4 is 15.7 Å². The van der Waals surface area contributed by atoms with Crippen LogP contribution in [0.1, 0.15) is 31.7 Å². The number of hydrogen-bond acceptors (Lipinski definition) is 2. The van der Waals surface area contributed by atoms with Crippen LogP contribution in [0.2, 0.25) is 0 Å². The summed E-state index contributed by atoms with van der Waals surface area (Å²) >= 11 is 0. The fraction of sp³-hybridized carbons (Fsp3) is 0.250. The minimum Gasteiger partial charge on any atom is -0.280 e. The molecule has 0 amide bonds. The van der Waals surface area contributed by atoms with Crippen LogP contribution >= 0.6 is 0 Å². The topological polar surface area (TPSA) is 46.2 Å². The van der Waals surface area contributed by atoms with Crippen LogP contribution in [0.25, 0.3) is 0 Å². The van der Waals surface area contributed by atoms with Crippen molar-refractivity contribution < 1.29 is 12.8 Å². The molecule has 0 aromatic heterocycles. The molecule has 2 aromatic carbocycles. The molecule has 1 N–H and O–H groups in total. The van der Waals surface area contributed by atoms with Gasteiger partial charge in [-0.1, -0.05) is 38.1 Å². The lowest BCUT2D eigenvalue weighted by molar-refractivity contribution is 0.570. The molecule has 3 nitrogen and oxygen atoms in total. The molecule has 0 saturated heterocycles. The van der Waals surface area contributed by atoms with Gasteiger partial charge in [0.05, 0.1) is 0 Å². The molecule has 0 spiro atoms. The number of anilines is 1. The van der Waals surface area contributed by atoms with Gasteiger partial charge >= 0.3 is 0 Å². The second-order valence-corrected chi connectivity index (χ2v) is 6.62. The molecule has 2 rings (SSSR count). The summed E-state index contributed by atoms with van der Waals surface area (Å²) in [5, 5.41) is 0. The quantitative estimate of drug-likeness (QED) is 0.902. The molecule has 1 atom stereocenters. The summed E-state index contributed by atoms with van der Waals surface area (Å²) in [6.45, 7) is 4.21. The maximum absolute atomic E-state index is 13.6. The van der Waals surface area contributed by atoms with Crippen molar-refractivity contribution in [2.45, 2.75) is 31.1 Å². The van der Waals surface area contributed by atoms with Gasteiger partial charge in [-0.25, -0.2) is 12.8 Å². The first-order chi connectivity index (χ1) is 9.94. The molecule has 2 aromatic rings. The highest BCUT2D eigenvalue weighted by atomic mass is 32.2. The summed E-state index contributed by atoms with van der Waals surface area (Å²) in [5.41, 5.74) is 1.57. The van der Waals surface area contributed by atoms with Crippen LogP contribution in [0.5, 0.6) is 0 Å². The second-order valence-electron chi connectivity index (χ2n) is 4.97. The fourth-order valence-electron chi connectivity index (χ4n) is 1.99. The smallest absolute Gasteiger partial charge is 0.264 e. The van der Waals surface area contributed by atoms with Crippen LogP contribution in [0.4, 0.5) is 10.1 Å². The first-order valence-electron chi connectivity index (χ1n) is 6.81. The second kappa shape index (κ2) is 6.26. The minimum absolute atomic E-state index is 0.351. The van der Waals surface area contributed by atoms with Gasteiger partial charge in [-0.05, 0) is 42.2 Å². The third-order valence-corrected chi connectivity index (χ3v) is 4.89. The maximum Gasteiger partial charge on any atom is 0.264 e. The predicted octanol–water partition coefficient (Wildman–Crippen LogP) is 4.14. The van der Waals surface area contributed by atoms with Gasteiger partial charge in [0.25, 0.3) is 10.0 Å². The maximum atomic E-state index is 13.6. The van der Waals surface area contributed by atoms with E-state index in [0.717, 1.165) is 18.1 Å². The number of halogens is 1. The molecule has 0 saturated carbocycles. The van der Waals surface area contributed by atoms with Crippen LogP contribution in [-0.2, 0) is 10.0 Å². The lowest BCUT2D eigenvalue weighted by Crippen LogP contribution is -2.14. The van der Waals surface area contributed by atoms with E-state index in [1.54, 1.807) is 12.1 Å². The van der Waals surface area contributed by atoms with E-state index in [1.807, 2.05) is 12.1 Å². The first kappa shape index (κ1) is 15.5. The van der Waals surface area contributed by atoms with Gasteiger partial charge in [0, 0.05) is 5.69 Å². The van der Waals surface area contributed by atoms with Crippen molar-refractivity contribution in [3.8, 4) is 0 Å². The third-order valence-electron chi connectivity index (χ3n) is 3.47. The Labute approximate surface area is 124 Å². The fourth-order valence-corrected chi connectivity index (χ4v) is 3.13. The average Bonchev–Trinajstić information content (AvgIpc) is 2.47. The Bertz CT molecular complexity index is 711. The summed E-state index contributed by atoms with van der Waals surface area (Å²) in [7, 11) is -3.91. The van der Waals surface area contributed by atoms with Gasteiger partial charge in [0.2, 0.25) is 0 Å². The zero-order valence-corrected chi connectivity index (χ0v) is 12.8. The Kier molecular flexibility index (Phi) is 4.63. The summed E-state index contributed by atoms with van der Waals surface area (Å²) < 4.78 is 40.3. The van der Waals surface area contributed by atoms with E-state index in [9.17, 15) is 12.8 Å². The van der Waals surface area contributed by atoms with Crippen molar-refractivity contribution in [2.24, 2.45) is 0 Å². The monoisotopic (exact) mass is 307 g/mol. The summed E-state index contributed by atoms with van der Waals surface area (Å²) in [6, 6.07) is 12.5. The van der Waals surface area contributed by atoms with Crippen molar-refractivity contribution in [1.82, 2.24) is 0 Å². The molecule has 112 valence electrons. The molecule has 0 fully saturated rings. The predicted molar refractivity (Wildman–Crippen MR) is 82.4 cm³/mol. The van der Waals surface area contributed by atoms with E-state index in [4.69, 9.17) is 0 Å². The zero-order valence-electron chi connectivity index (χ0n) is 12.0. The molecule has 21 heavy (non-hydrogen) atoms. The number of nitrogens with one attached hydrogen (secondary N) is 1. The van der Waals surface area contributed by atoms with E-state index in [2.05, 4.69) is 18.6 Å². The van der Waals surface area contributed by atoms with Crippen LogP contribution in [0.3, 0.4) is 0 Å². The average molecular weight is 307 g/mol. The molecule has 0 unspecified atom stereocenters. The Balaban J connectivity index is 2.23. The van der Waals surface area contributed by atoms with Gasteiger partial charge < -0.3 is 0 Å². The van der Waals surface area contributed by atoms with Crippen LogP contribution in [0, 0.1) is 5.82 Å². The number of rotatable bonds is 5. The lowest BCUT2D eigenvalue weighted by atomic mass is 9.99. The van der Waals surface area contributed by atoms with Gasteiger partial charge in [0.1, 0.15) is 10.7 Å². The van der Waals surface area contributed by atoms with Gasteiger partial charge in [-0.3, -0.25) is 4.72 Å². The molecule has 0 aliphatic heterocycles. The van der Waals surface area contributed by atoms with E-state index < -0.39 is 15.8 Å². The normalized spacial score (nSPS) is 12.9. The first-order valence-corrected chi connectivity index (χ1v) is 8.29. The molecule has 0 bridgehead atoms. The Morgan fingerprint density at radius 3 is 2.29 bits per heavy atom. The van der Waals surface area contributed by atoms with Gasteiger partial charge in [0.15, 0.2) is 0 Å². The van der Waals surface area contributed by atoms with Crippen LogP contribution in [-0.4, -0.2) is 8.42 Å². The summed E-state index contributed by atoms with van der Waals surface area (Å²) in [6.07, 6.45) is 1.01. The molecule has 0 aliphatic rings. The van der Waals surface area contributed by atoms with Crippen molar-refractivity contribution in [3.05, 3.63) is 59.9 Å². The van der Waals surface area contributed by atoms with Crippen LogP contribution < -0.4 is 4.72 Å². The number of hydrogen-bond donors (Lipinski definition) is 1. The van der Waals surface area contributed by atoms with Crippen molar-refractivity contribution in [1.29, 1.82) is 0 Å². The van der Waals surface area contributed by atoms with E-state index in [1.165, 1.54) is 18.2 Å². The largest absolute Gasteiger partial charge is 0.280 e. The Morgan fingerprint density at radius 2 is 1.71 bits per heavy atom.